The Balaban J connectivity index is 1.62. The second-order valence-corrected chi connectivity index (χ2v) is 5.92. The molecule has 3 rings (SSSR count). The van der Waals surface area contributed by atoms with Gasteiger partial charge in [0.1, 0.15) is 5.82 Å². The van der Waals surface area contributed by atoms with Crippen LogP contribution >= 0.6 is 11.6 Å². The van der Waals surface area contributed by atoms with Crippen LogP contribution in [-0.2, 0) is 9.53 Å². The van der Waals surface area contributed by atoms with E-state index in [9.17, 15) is 14.0 Å². The maximum Gasteiger partial charge on any atom is 0.338 e. The minimum atomic E-state index is -1.14. The van der Waals surface area contributed by atoms with Crippen LogP contribution in [0.25, 0.3) is 11.5 Å². The molecule has 0 spiro atoms. The predicted molar refractivity (Wildman–Crippen MR) is 94.7 cm³/mol. The zero-order valence-corrected chi connectivity index (χ0v) is 14.7. The highest BCUT2D eigenvalue weighted by Gasteiger charge is 2.20. The van der Waals surface area contributed by atoms with E-state index in [1.165, 1.54) is 37.6 Å². The lowest BCUT2D eigenvalue weighted by Gasteiger charge is -2.14. The van der Waals surface area contributed by atoms with E-state index in [1.54, 1.807) is 12.1 Å². The van der Waals surface area contributed by atoms with Crippen molar-refractivity contribution < 1.29 is 23.1 Å². The first-order valence-electron chi connectivity index (χ1n) is 7.77. The van der Waals surface area contributed by atoms with Crippen LogP contribution in [0, 0.1) is 5.82 Å². The summed E-state index contributed by atoms with van der Waals surface area (Å²) < 4.78 is 23.9. The van der Waals surface area contributed by atoms with Gasteiger partial charge < -0.3 is 14.5 Å². The van der Waals surface area contributed by atoms with Crippen molar-refractivity contribution >= 4 is 29.2 Å². The van der Waals surface area contributed by atoms with Gasteiger partial charge in [0.05, 0.1) is 11.3 Å². The first-order valence-corrected chi connectivity index (χ1v) is 8.15. The van der Waals surface area contributed by atoms with Crippen LogP contribution in [-0.4, -0.2) is 28.2 Å². The van der Waals surface area contributed by atoms with Crippen LogP contribution in [0.15, 0.2) is 53.3 Å². The largest absolute Gasteiger partial charge is 0.449 e. The van der Waals surface area contributed by atoms with Crippen LogP contribution in [0.5, 0.6) is 0 Å². The summed E-state index contributed by atoms with van der Waals surface area (Å²) in [5, 5.41) is 9.88. The molecule has 1 N–H and O–H groups in total. The molecule has 0 radical (unpaired) electrons. The number of halogens is 2. The van der Waals surface area contributed by atoms with Crippen LogP contribution in [0.3, 0.4) is 0 Å². The van der Waals surface area contributed by atoms with Gasteiger partial charge in [-0.05, 0) is 49.4 Å². The fourth-order valence-corrected chi connectivity index (χ4v) is 2.31. The lowest BCUT2D eigenvalue weighted by molar-refractivity contribution is -0.123. The molecule has 9 heteroatoms. The summed E-state index contributed by atoms with van der Waals surface area (Å²) in [6.07, 6.45) is 0.0598. The third-order valence-electron chi connectivity index (χ3n) is 3.57. The normalized spacial score (nSPS) is 11.7. The Morgan fingerprint density at radius 2 is 1.96 bits per heavy atom. The van der Waals surface area contributed by atoms with Crippen LogP contribution in [0.2, 0.25) is 5.02 Å². The summed E-state index contributed by atoms with van der Waals surface area (Å²) in [7, 11) is 0. The average molecular weight is 390 g/mol. The molecule has 138 valence electrons. The summed E-state index contributed by atoms with van der Waals surface area (Å²) >= 11 is 5.66. The topological polar surface area (TPSA) is 94.3 Å². The quantitative estimate of drug-likeness (QED) is 0.668. The van der Waals surface area contributed by atoms with Gasteiger partial charge in [0.15, 0.2) is 6.10 Å². The molecule has 0 fully saturated rings. The Kier molecular flexibility index (Phi) is 5.46. The Labute approximate surface area is 158 Å². The van der Waals surface area contributed by atoms with Crippen molar-refractivity contribution in [2.24, 2.45) is 0 Å². The molecule has 0 unspecified atom stereocenters. The molecular weight excluding hydrogens is 377 g/mol. The smallest absolute Gasteiger partial charge is 0.338 e. The van der Waals surface area contributed by atoms with E-state index in [0.717, 1.165) is 6.07 Å². The van der Waals surface area contributed by atoms with E-state index in [2.05, 4.69) is 15.5 Å². The van der Waals surface area contributed by atoms with Crippen molar-refractivity contribution in [1.29, 1.82) is 0 Å². The molecule has 3 aromatic rings. The van der Waals surface area contributed by atoms with Crippen molar-refractivity contribution in [3.63, 3.8) is 0 Å². The summed E-state index contributed by atoms with van der Waals surface area (Å²) in [5.41, 5.74) is 0.805. The standard InChI is InChI=1S/C18H13ClFN3O4/c1-10(16(24)22-15-7-6-13(19)8-14(15)20)27-18(25)12-4-2-11(3-5-12)17-23-21-9-26-17/h2-10H,1H3,(H,22,24)/t10-/m0/s1. The van der Waals surface area contributed by atoms with Crippen LogP contribution < -0.4 is 5.32 Å². The number of carbonyl (C=O) groups is 2. The molecule has 1 aromatic heterocycles. The fourth-order valence-electron chi connectivity index (χ4n) is 2.16. The molecule has 7 nitrogen and oxygen atoms in total. The van der Waals surface area contributed by atoms with Crippen LogP contribution in [0.1, 0.15) is 17.3 Å². The Hall–Kier alpha value is -3.26. The predicted octanol–water partition coefficient (Wildman–Crippen LogP) is 3.71. The minimum Gasteiger partial charge on any atom is -0.449 e. The summed E-state index contributed by atoms with van der Waals surface area (Å²) in [5.74, 6) is -1.75. The zero-order valence-electron chi connectivity index (χ0n) is 14.0. The van der Waals surface area contributed by atoms with Crippen molar-refractivity contribution in [2.45, 2.75) is 13.0 Å². The van der Waals surface area contributed by atoms with Crippen LogP contribution in [0.4, 0.5) is 10.1 Å². The molecule has 0 saturated heterocycles. The SMILES string of the molecule is C[C@H](OC(=O)c1ccc(-c2nnco2)cc1)C(=O)Nc1ccc(Cl)cc1F. The number of rotatable bonds is 5. The van der Waals surface area contributed by atoms with Gasteiger partial charge in [0.2, 0.25) is 12.3 Å². The third-order valence-corrected chi connectivity index (χ3v) is 3.80. The number of hydrogen-bond acceptors (Lipinski definition) is 6. The van der Waals surface area contributed by atoms with E-state index in [-0.39, 0.29) is 16.3 Å². The molecule has 0 saturated carbocycles. The third kappa shape index (κ3) is 4.48. The Bertz CT molecular complexity index is 961. The van der Waals surface area contributed by atoms with E-state index in [1.807, 2.05) is 0 Å². The molecule has 1 heterocycles. The van der Waals surface area contributed by atoms with Gasteiger partial charge in [-0.25, -0.2) is 9.18 Å². The number of ether oxygens (including phenoxy) is 1. The van der Waals surface area contributed by atoms with E-state index < -0.39 is 23.8 Å². The second-order valence-electron chi connectivity index (χ2n) is 5.48. The van der Waals surface area contributed by atoms with Gasteiger partial charge in [-0.15, -0.1) is 10.2 Å². The van der Waals surface area contributed by atoms with Crippen molar-refractivity contribution in [3.05, 3.63) is 65.3 Å². The summed E-state index contributed by atoms with van der Waals surface area (Å²) in [4.78, 5) is 24.3. The monoisotopic (exact) mass is 389 g/mol. The first kappa shape index (κ1) is 18.5. The highest BCUT2D eigenvalue weighted by Crippen LogP contribution is 2.20. The van der Waals surface area contributed by atoms with Gasteiger partial charge in [-0.2, -0.15) is 0 Å². The van der Waals surface area contributed by atoms with E-state index in [4.69, 9.17) is 20.8 Å². The number of carbonyl (C=O) groups excluding carboxylic acids is 2. The molecule has 27 heavy (non-hydrogen) atoms. The van der Waals surface area contributed by atoms with Crippen molar-refractivity contribution in [2.75, 3.05) is 5.32 Å². The molecule has 2 aromatic carbocycles. The number of nitrogens with one attached hydrogen (secondary N) is 1. The van der Waals surface area contributed by atoms with Crippen molar-refractivity contribution in [3.8, 4) is 11.5 Å². The number of nitrogens with zero attached hydrogens (tertiary/aromatic N) is 2. The maximum absolute atomic E-state index is 13.7. The zero-order chi connectivity index (χ0) is 19.4. The highest BCUT2D eigenvalue weighted by atomic mass is 35.5. The molecule has 0 aliphatic carbocycles. The lowest BCUT2D eigenvalue weighted by Crippen LogP contribution is -2.30. The highest BCUT2D eigenvalue weighted by molar-refractivity contribution is 6.30. The minimum absolute atomic E-state index is 0.0591. The summed E-state index contributed by atoms with van der Waals surface area (Å²) in [6.45, 7) is 1.38. The molecule has 0 aliphatic heterocycles. The molecule has 0 bridgehead atoms. The summed E-state index contributed by atoms with van der Waals surface area (Å²) in [6, 6.07) is 10.0. The molecule has 0 aliphatic rings. The van der Waals surface area contributed by atoms with E-state index in [0.29, 0.717) is 11.5 Å². The molecule has 1 atom stereocenters. The van der Waals surface area contributed by atoms with E-state index >= 15 is 0 Å². The van der Waals surface area contributed by atoms with Gasteiger partial charge in [0, 0.05) is 10.6 Å². The number of benzene rings is 2. The van der Waals surface area contributed by atoms with Gasteiger partial charge in [-0.3, -0.25) is 4.79 Å². The number of aromatic nitrogens is 2. The number of anilines is 1. The Morgan fingerprint density at radius 3 is 2.59 bits per heavy atom. The lowest BCUT2D eigenvalue weighted by atomic mass is 10.1. The molecule has 1 amide bonds. The number of hydrogen-bond donors (Lipinski definition) is 1. The van der Waals surface area contributed by atoms with Gasteiger partial charge >= 0.3 is 5.97 Å². The van der Waals surface area contributed by atoms with Gasteiger partial charge in [-0.1, -0.05) is 11.6 Å². The number of amides is 1. The maximum atomic E-state index is 13.7. The van der Waals surface area contributed by atoms with Gasteiger partial charge in [0.25, 0.3) is 5.91 Å². The average Bonchev–Trinajstić information content (AvgIpc) is 3.18. The van der Waals surface area contributed by atoms with Crippen molar-refractivity contribution in [1.82, 2.24) is 10.2 Å². The molecular formula is C18H13ClFN3O4. The second kappa shape index (κ2) is 7.96. The fraction of sp³-hybridized carbons (Fsp3) is 0.111. The Morgan fingerprint density at radius 1 is 1.22 bits per heavy atom. The number of esters is 1. The first-order chi connectivity index (χ1) is 12.9.